The number of piperidine rings is 1. The molecule has 288 valence electrons. The zero-order valence-electron chi connectivity index (χ0n) is 31.0. The number of anilines is 1. The molecular weight excluding hydrogens is 752 g/mol. The van der Waals surface area contributed by atoms with E-state index in [0.29, 0.717) is 51.6 Å². The van der Waals surface area contributed by atoms with Crippen LogP contribution in [-0.2, 0) is 38.2 Å². The maximum Gasteiger partial charge on any atom is 0.322 e. The Bertz CT molecular complexity index is 1970. The van der Waals surface area contributed by atoms with Crippen LogP contribution in [0.15, 0.2) is 78.9 Å². The smallest absolute Gasteiger partial charge is 0.322 e. The highest BCUT2D eigenvalue weighted by Gasteiger charge is 2.47. The van der Waals surface area contributed by atoms with E-state index in [1.807, 2.05) is 30.3 Å². The van der Waals surface area contributed by atoms with Crippen LogP contribution < -0.4 is 19.5 Å². The third-order valence-corrected chi connectivity index (χ3v) is 13.6. The predicted molar refractivity (Wildman–Crippen MR) is 212 cm³/mol. The SMILES string of the molecule is COc1cc(COC[C@](CCCN2CCC3(CC2)c2ccccc2CS3=O)(c2ccc(Cl)c(Cl)c2)N(C)C(=O)Nc2cccc(F)c2)cc(OC)c1OC. The van der Waals surface area contributed by atoms with Gasteiger partial charge in [0.2, 0.25) is 5.75 Å². The fraction of sp³-hybridized carbons (Fsp3) is 0.390. The van der Waals surface area contributed by atoms with Crippen LogP contribution in [0.5, 0.6) is 17.2 Å². The topological polar surface area (TPSA) is 89.6 Å². The van der Waals surface area contributed by atoms with Crippen LogP contribution in [-0.4, -0.2) is 74.7 Å². The monoisotopic (exact) mass is 797 g/mol. The Morgan fingerprint density at radius 1 is 0.944 bits per heavy atom. The number of halogens is 3. The van der Waals surface area contributed by atoms with E-state index in [0.717, 1.165) is 43.6 Å². The van der Waals surface area contributed by atoms with Gasteiger partial charge in [0.1, 0.15) is 5.82 Å². The fourth-order valence-electron chi connectivity index (χ4n) is 7.79. The second-order valence-electron chi connectivity index (χ2n) is 13.8. The highest BCUT2D eigenvalue weighted by Crippen LogP contribution is 2.47. The molecule has 2 atom stereocenters. The second-order valence-corrected chi connectivity index (χ2v) is 16.3. The number of fused-ring (bicyclic) bond motifs is 2. The molecule has 1 spiro atoms. The number of amides is 2. The zero-order chi connectivity index (χ0) is 38.5. The molecule has 2 aliphatic heterocycles. The number of rotatable bonds is 14. The molecule has 2 aliphatic rings. The van der Waals surface area contributed by atoms with Crippen molar-refractivity contribution in [3.05, 3.63) is 117 Å². The summed E-state index contributed by atoms with van der Waals surface area (Å²) in [6.45, 7) is 2.61. The molecule has 0 saturated carbocycles. The number of nitrogens with zero attached hydrogens (tertiary/aromatic N) is 2. The lowest BCUT2D eigenvalue weighted by molar-refractivity contribution is 0.00500. The van der Waals surface area contributed by atoms with Crippen molar-refractivity contribution in [1.82, 2.24) is 9.80 Å². The molecule has 4 aromatic carbocycles. The van der Waals surface area contributed by atoms with E-state index in [1.54, 1.807) is 57.5 Å². The first kappa shape index (κ1) is 39.8. The number of hydrogen-bond acceptors (Lipinski definition) is 7. The molecule has 1 N–H and O–H groups in total. The normalized spacial score (nSPS) is 17.4. The predicted octanol–water partition coefficient (Wildman–Crippen LogP) is 8.77. The van der Waals surface area contributed by atoms with Crippen molar-refractivity contribution in [2.75, 3.05) is 59.9 Å². The molecule has 1 fully saturated rings. The Hall–Kier alpha value is -3.87. The number of hydrogen-bond donors (Lipinski definition) is 1. The van der Waals surface area contributed by atoms with Gasteiger partial charge in [-0.15, -0.1) is 0 Å². The lowest BCUT2D eigenvalue weighted by Gasteiger charge is -2.43. The first-order valence-corrected chi connectivity index (χ1v) is 19.9. The van der Waals surface area contributed by atoms with Crippen LogP contribution in [0.1, 0.15) is 47.9 Å². The summed E-state index contributed by atoms with van der Waals surface area (Å²) in [5.74, 6) is 1.60. The first-order valence-electron chi connectivity index (χ1n) is 17.9. The number of carbonyl (C=O) groups is 1. The molecular formula is C41H46Cl2FN3O6S. The van der Waals surface area contributed by atoms with Gasteiger partial charge in [-0.2, -0.15) is 0 Å². The van der Waals surface area contributed by atoms with Gasteiger partial charge in [0, 0.05) is 29.3 Å². The Kier molecular flexibility index (Phi) is 12.7. The van der Waals surface area contributed by atoms with E-state index in [1.165, 1.54) is 23.3 Å². The molecule has 9 nitrogen and oxygen atoms in total. The van der Waals surface area contributed by atoms with Gasteiger partial charge < -0.3 is 34.1 Å². The Morgan fingerprint density at radius 2 is 1.67 bits per heavy atom. The second kappa shape index (κ2) is 17.3. The van der Waals surface area contributed by atoms with Crippen molar-refractivity contribution in [1.29, 1.82) is 0 Å². The minimum Gasteiger partial charge on any atom is -0.493 e. The Labute approximate surface area is 329 Å². The molecule has 1 saturated heterocycles. The zero-order valence-corrected chi connectivity index (χ0v) is 33.3. The standard InChI is InChI=1S/C41H46Cl2FN3O6S/c1-46(39(48)45-32-11-7-10-31(44)24-32)40(30-13-14-34(42)35(43)23-30,27-53-25-28-21-36(50-2)38(52-4)37(22-28)51-3)15-8-18-47-19-16-41(17-20-47)33-12-6-5-9-29(33)26-54(41)49/h5-7,9-14,21-24H,8,15-20,25-27H2,1-4H3,(H,45,48)/t40-,54?/m1/s1. The maximum atomic E-state index is 14.2. The molecule has 0 radical (unpaired) electrons. The summed E-state index contributed by atoms with van der Waals surface area (Å²) in [7, 11) is 5.41. The largest absolute Gasteiger partial charge is 0.493 e. The van der Waals surface area contributed by atoms with E-state index in [-0.39, 0.29) is 18.0 Å². The van der Waals surface area contributed by atoms with Crippen molar-refractivity contribution in [2.24, 2.45) is 0 Å². The number of ether oxygens (including phenoxy) is 4. The summed E-state index contributed by atoms with van der Waals surface area (Å²) in [5.41, 5.74) is 3.21. The van der Waals surface area contributed by atoms with Gasteiger partial charge in [-0.25, -0.2) is 9.18 Å². The summed E-state index contributed by atoms with van der Waals surface area (Å²) in [4.78, 5) is 18.1. The number of benzene rings is 4. The summed E-state index contributed by atoms with van der Waals surface area (Å²) in [6, 6.07) is 22.6. The summed E-state index contributed by atoms with van der Waals surface area (Å²) < 4.78 is 50.4. The molecule has 0 aromatic heterocycles. The first-order chi connectivity index (χ1) is 26.0. The van der Waals surface area contributed by atoms with Crippen LogP contribution in [0.4, 0.5) is 14.9 Å². The van der Waals surface area contributed by atoms with Crippen molar-refractivity contribution >= 4 is 45.7 Å². The Balaban J connectivity index is 1.27. The van der Waals surface area contributed by atoms with E-state index >= 15 is 0 Å². The van der Waals surface area contributed by atoms with E-state index in [4.69, 9.17) is 42.1 Å². The molecule has 4 aromatic rings. The van der Waals surface area contributed by atoms with Crippen LogP contribution >= 0.6 is 23.2 Å². The highest BCUT2D eigenvalue weighted by molar-refractivity contribution is 7.85. The summed E-state index contributed by atoms with van der Waals surface area (Å²) in [5, 5.41) is 3.58. The van der Waals surface area contributed by atoms with Gasteiger partial charge in [-0.3, -0.25) is 4.21 Å². The lowest BCUT2D eigenvalue weighted by Crippen LogP contribution is -2.52. The minimum atomic E-state index is -1.05. The van der Waals surface area contributed by atoms with E-state index < -0.39 is 28.2 Å². The van der Waals surface area contributed by atoms with Crippen LogP contribution in [0.25, 0.3) is 0 Å². The van der Waals surface area contributed by atoms with Gasteiger partial charge in [0.05, 0.1) is 54.9 Å². The van der Waals surface area contributed by atoms with Gasteiger partial charge in [0.25, 0.3) is 0 Å². The molecule has 6 rings (SSSR count). The number of urea groups is 1. The lowest BCUT2D eigenvalue weighted by atomic mass is 9.83. The molecule has 0 aliphatic carbocycles. The number of nitrogens with one attached hydrogen (secondary N) is 1. The van der Waals surface area contributed by atoms with Gasteiger partial charge in [0.15, 0.2) is 11.5 Å². The van der Waals surface area contributed by atoms with Gasteiger partial charge >= 0.3 is 6.03 Å². The molecule has 2 amide bonds. The van der Waals surface area contributed by atoms with Gasteiger partial charge in [-0.05, 0) is 110 Å². The third kappa shape index (κ3) is 8.21. The molecule has 13 heteroatoms. The number of likely N-dealkylation sites (tertiary alicyclic amines) is 1. The summed E-state index contributed by atoms with van der Waals surface area (Å²) in [6.07, 6.45) is 2.83. The van der Waals surface area contributed by atoms with E-state index in [2.05, 4.69) is 22.3 Å². The van der Waals surface area contributed by atoms with E-state index in [9.17, 15) is 13.4 Å². The van der Waals surface area contributed by atoms with Crippen molar-refractivity contribution < 1.29 is 32.3 Å². The minimum absolute atomic E-state index is 0.0770. The van der Waals surface area contributed by atoms with Crippen molar-refractivity contribution in [2.45, 2.75) is 48.3 Å². The average Bonchev–Trinajstić information content (AvgIpc) is 3.44. The van der Waals surface area contributed by atoms with Crippen LogP contribution in [0.2, 0.25) is 10.0 Å². The molecule has 54 heavy (non-hydrogen) atoms. The van der Waals surface area contributed by atoms with Gasteiger partial charge in [-0.1, -0.05) is 59.6 Å². The van der Waals surface area contributed by atoms with Crippen molar-refractivity contribution in [3.8, 4) is 17.2 Å². The highest BCUT2D eigenvalue weighted by atomic mass is 35.5. The molecule has 0 bridgehead atoms. The quantitative estimate of drug-likeness (QED) is 0.137. The maximum absolute atomic E-state index is 14.2. The summed E-state index contributed by atoms with van der Waals surface area (Å²) >= 11 is 13.0. The fourth-order valence-corrected chi connectivity index (χ4v) is 9.98. The average molecular weight is 799 g/mol. The van der Waals surface area contributed by atoms with Crippen molar-refractivity contribution in [3.63, 3.8) is 0 Å². The Morgan fingerprint density at radius 3 is 2.33 bits per heavy atom. The number of likely N-dealkylation sites (N-methyl/N-ethyl adjacent to an activating group) is 1. The number of carbonyl (C=O) groups excluding carboxylic acids is 1. The molecule has 1 unspecified atom stereocenters. The third-order valence-electron chi connectivity index (χ3n) is 10.8. The van der Waals surface area contributed by atoms with Crippen LogP contribution in [0, 0.1) is 5.82 Å². The number of methoxy groups -OCH3 is 3. The van der Waals surface area contributed by atoms with Crippen LogP contribution in [0.3, 0.4) is 0 Å². The molecule has 2 heterocycles.